The van der Waals surface area contributed by atoms with E-state index < -0.39 is 11.9 Å². The van der Waals surface area contributed by atoms with Gasteiger partial charge in [0.05, 0.1) is 12.8 Å². The third-order valence-corrected chi connectivity index (χ3v) is 2.88. The molecule has 5 heteroatoms. The molecule has 0 heterocycles. The van der Waals surface area contributed by atoms with E-state index in [-0.39, 0.29) is 12.8 Å². The van der Waals surface area contributed by atoms with E-state index in [0.29, 0.717) is 11.4 Å². The van der Waals surface area contributed by atoms with Gasteiger partial charge in [-0.2, -0.15) is 0 Å². The van der Waals surface area contributed by atoms with Gasteiger partial charge in [-0.05, 0) is 35.4 Å². The highest BCUT2D eigenvalue weighted by Crippen LogP contribution is 2.09. The fraction of sp³-hybridized carbons (Fsp3) is 0.125. The van der Waals surface area contributed by atoms with Crippen LogP contribution in [0.1, 0.15) is 11.1 Å². The van der Waals surface area contributed by atoms with Crippen LogP contribution in [0.15, 0.2) is 48.5 Å². The molecular weight excluding hydrogens is 268 g/mol. The summed E-state index contributed by atoms with van der Waals surface area (Å²) in [7, 11) is 0. The third-order valence-electron chi connectivity index (χ3n) is 2.88. The summed E-state index contributed by atoms with van der Waals surface area (Å²) in [6, 6.07) is 13.7. The van der Waals surface area contributed by atoms with Crippen molar-refractivity contribution in [2.75, 3.05) is 11.5 Å². The van der Waals surface area contributed by atoms with E-state index >= 15 is 0 Å². The summed E-state index contributed by atoms with van der Waals surface area (Å²) in [4.78, 5) is 23.3. The van der Waals surface area contributed by atoms with Crippen molar-refractivity contribution >= 4 is 23.3 Å². The van der Waals surface area contributed by atoms with Crippen molar-refractivity contribution in [1.29, 1.82) is 0 Å². The Hall–Kier alpha value is -2.82. The van der Waals surface area contributed by atoms with Gasteiger partial charge in [-0.3, -0.25) is 9.59 Å². The van der Waals surface area contributed by atoms with E-state index in [2.05, 4.69) is 0 Å². The van der Waals surface area contributed by atoms with Gasteiger partial charge in [-0.1, -0.05) is 24.3 Å². The molecule has 5 nitrogen and oxygen atoms in total. The minimum absolute atomic E-state index is 0.0355. The molecule has 0 saturated carbocycles. The van der Waals surface area contributed by atoms with Crippen LogP contribution < -0.4 is 11.5 Å². The van der Waals surface area contributed by atoms with Crippen LogP contribution in [0.3, 0.4) is 0 Å². The molecule has 0 unspecified atom stereocenters. The first-order valence-electron chi connectivity index (χ1n) is 6.45. The number of ether oxygens (including phenoxy) is 1. The van der Waals surface area contributed by atoms with Crippen molar-refractivity contribution in [3.63, 3.8) is 0 Å². The molecule has 0 saturated heterocycles. The molecule has 0 fully saturated rings. The Kier molecular flexibility index (Phi) is 4.56. The van der Waals surface area contributed by atoms with E-state index in [1.54, 1.807) is 48.5 Å². The number of benzene rings is 2. The first-order valence-corrected chi connectivity index (χ1v) is 6.45. The molecule has 21 heavy (non-hydrogen) atoms. The summed E-state index contributed by atoms with van der Waals surface area (Å²) in [5, 5.41) is 0. The Morgan fingerprint density at radius 1 is 0.714 bits per heavy atom. The number of nitrogen functional groups attached to an aromatic ring is 2. The molecule has 0 bridgehead atoms. The zero-order chi connectivity index (χ0) is 15.2. The van der Waals surface area contributed by atoms with Crippen molar-refractivity contribution < 1.29 is 14.3 Å². The average Bonchev–Trinajstić information content (AvgIpc) is 2.44. The average molecular weight is 284 g/mol. The van der Waals surface area contributed by atoms with Crippen LogP contribution in [-0.4, -0.2) is 11.9 Å². The molecule has 0 atom stereocenters. The van der Waals surface area contributed by atoms with E-state index in [1.807, 2.05) is 0 Å². The molecule has 2 aromatic carbocycles. The lowest BCUT2D eigenvalue weighted by molar-refractivity contribution is -0.158. The molecule has 0 aliphatic rings. The van der Waals surface area contributed by atoms with Gasteiger partial charge in [-0.15, -0.1) is 0 Å². The highest BCUT2D eigenvalue weighted by atomic mass is 16.6. The fourth-order valence-corrected chi connectivity index (χ4v) is 1.80. The van der Waals surface area contributed by atoms with Gasteiger partial charge in [0.2, 0.25) is 0 Å². The predicted octanol–water partition coefficient (Wildman–Crippen LogP) is 1.71. The summed E-state index contributed by atoms with van der Waals surface area (Å²) >= 11 is 0. The van der Waals surface area contributed by atoms with Gasteiger partial charge in [0.25, 0.3) is 0 Å². The van der Waals surface area contributed by atoms with Gasteiger partial charge in [0, 0.05) is 11.4 Å². The van der Waals surface area contributed by atoms with E-state index in [9.17, 15) is 9.59 Å². The summed E-state index contributed by atoms with van der Waals surface area (Å²) in [5.41, 5.74) is 13.8. The number of hydrogen-bond donors (Lipinski definition) is 2. The monoisotopic (exact) mass is 284 g/mol. The molecule has 0 aliphatic heterocycles. The zero-order valence-corrected chi connectivity index (χ0v) is 11.4. The largest absolute Gasteiger partial charge is 0.399 e. The van der Waals surface area contributed by atoms with Crippen LogP contribution in [0.5, 0.6) is 0 Å². The van der Waals surface area contributed by atoms with E-state index in [1.165, 1.54) is 0 Å². The normalized spacial score (nSPS) is 10.1. The van der Waals surface area contributed by atoms with Crippen LogP contribution in [0.25, 0.3) is 0 Å². The molecule has 0 spiro atoms. The second-order valence-electron chi connectivity index (χ2n) is 4.68. The summed E-state index contributed by atoms with van der Waals surface area (Å²) in [6.45, 7) is 0. The van der Waals surface area contributed by atoms with Gasteiger partial charge < -0.3 is 16.2 Å². The SMILES string of the molecule is Nc1ccc(CC(=O)OC(=O)Cc2ccc(N)cc2)cc1. The predicted molar refractivity (Wildman–Crippen MR) is 80.2 cm³/mol. The summed E-state index contributed by atoms with van der Waals surface area (Å²) in [6.07, 6.45) is 0.0709. The first-order chi connectivity index (χ1) is 10.0. The number of rotatable bonds is 4. The fourth-order valence-electron chi connectivity index (χ4n) is 1.80. The lowest BCUT2D eigenvalue weighted by atomic mass is 10.1. The number of carbonyl (C=O) groups excluding carboxylic acids is 2. The van der Waals surface area contributed by atoms with Crippen LogP contribution in [0.4, 0.5) is 11.4 Å². The molecule has 2 rings (SSSR count). The maximum absolute atomic E-state index is 11.7. The topological polar surface area (TPSA) is 95.4 Å². The number of nitrogens with two attached hydrogens (primary N) is 2. The van der Waals surface area contributed by atoms with Crippen molar-refractivity contribution in [3.05, 3.63) is 59.7 Å². The Bertz CT molecular complexity index is 576. The quantitative estimate of drug-likeness (QED) is 0.506. The molecule has 108 valence electrons. The van der Waals surface area contributed by atoms with Crippen LogP contribution in [-0.2, 0) is 27.2 Å². The minimum atomic E-state index is -0.583. The summed E-state index contributed by atoms with van der Waals surface area (Å²) < 4.78 is 4.78. The highest BCUT2D eigenvalue weighted by molar-refractivity contribution is 5.87. The minimum Gasteiger partial charge on any atom is -0.399 e. The number of hydrogen-bond acceptors (Lipinski definition) is 5. The van der Waals surface area contributed by atoms with Crippen molar-refractivity contribution in [1.82, 2.24) is 0 Å². The van der Waals surface area contributed by atoms with Crippen LogP contribution in [0.2, 0.25) is 0 Å². The van der Waals surface area contributed by atoms with Gasteiger partial charge >= 0.3 is 11.9 Å². The molecular formula is C16H16N2O3. The Labute approximate surface area is 122 Å². The number of anilines is 2. The summed E-state index contributed by atoms with van der Waals surface area (Å²) in [5.74, 6) is -1.17. The molecule has 0 aromatic heterocycles. The standard InChI is InChI=1S/C16H16N2O3/c17-13-5-1-11(2-6-13)9-15(19)21-16(20)10-12-3-7-14(18)8-4-12/h1-8H,9-10,17-18H2. The lowest BCUT2D eigenvalue weighted by Crippen LogP contribution is -2.16. The molecule has 0 amide bonds. The Morgan fingerprint density at radius 3 is 1.38 bits per heavy atom. The second-order valence-corrected chi connectivity index (χ2v) is 4.68. The van der Waals surface area contributed by atoms with E-state index in [4.69, 9.17) is 16.2 Å². The maximum Gasteiger partial charge on any atom is 0.317 e. The van der Waals surface area contributed by atoms with Crippen molar-refractivity contribution in [3.8, 4) is 0 Å². The Morgan fingerprint density at radius 2 is 1.05 bits per heavy atom. The van der Waals surface area contributed by atoms with Gasteiger partial charge in [0.15, 0.2) is 0 Å². The molecule has 0 radical (unpaired) electrons. The van der Waals surface area contributed by atoms with Gasteiger partial charge in [-0.25, -0.2) is 0 Å². The smallest absolute Gasteiger partial charge is 0.317 e. The van der Waals surface area contributed by atoms with Crippen molar-refractivity contribution in [2.45, 2.75) is 12.8 Å². The molecule has 4 N–H and O–H groups in total. The maximum atomic E-state index is 11.7. The number of carbonyl (C=O) groups is 2. The molecule has 2 aromatic rings. The first kappa shape index (κ1) is 14.6. The Balaban J connectivity index is 1.85. The van der Waals surface area contributed by atoms with Crippen LogP contribution in [0, 0.1) is 0 Å². The molecule has 0 aliphatic carbocycles. The van der Waals surface area contributed by atoms with E-state index in [0.717, 1.165) is 11.1 Å². The van der Waals surface area contributed by atoms with Crippen molar-refractivity contribution in [2.24, 2.45) is 0 Å². The zero-order valence-electron chi connectivity index (χ0n) is 11.4. The van der Waals surface area contributed by atoms with Gasteiger partial charge in [0.1, 0.15) is 0 Å². The second kappa shape index (κ2) is 6.56. The van der Waals surface area contributed by atoms with Crippen LogP contribution >= 0.6 is 0 Å². The highest BCUT2D eigenvalue weighted by Gasteiger charge is 2.12. The lowest BCUT2D eigenvalue weighted by Gasteiger charge is -2.04. The number of esters is 2. The third kappa shape index (κ3) is 4.65.